The van der Waals surface area contributed by atoms with Gasteiger partial charge in [0.25, 0.3) is 0 Å². The van der Waals surface area contributed by atoms with Crippen LogP contribution in [0.4, 0.5) is 0 Å². The van der Waals surface area contributed by atoms with E-state index in [1.807, 2.05) is 12.1 Å². The van der Waals surface area contributed by atoms with E-state index in [9.17, 15) is 8.42 Å². The second-order valence-electron chi connectivity index (χ2n) is 3.80. The van der Waals surface area contributed by atoms with Crippen LogP contribution in [-0.4, -0.2) is 31.7 Å². The molecule has 0 fully saturated rings. The van der Waals surface area contributed by atoms with Gasteiger partial charge in [-0.1, -0.05) is 18.2 Å². The summed E-state index contributed by atoms with van der Waals surface area (Å²) in [6, 6.07) is 7.20. The number of hydrogen-bond acceptors (Lipinski definition) is 2. The van der Waals surface area contributed by atoms with Crippen molar-refractivity contribution in [2.24, 2.45) is 0 Å². The Morgan fingerprint density at radius 2 is 2.06 bits per heavy atom. The number of hydrogen-bond donors (Lipinski definition) is 0. The van der Waals surface area contributed by atoms with Crippen LogP contribution in [0.3, 0.4) is 0 Å². The second-order valence-corrected chi connectivity index (χ2v) is 6.09. The van der Waals surface area contributed by atoms with Crippen molar-refractivity contribution in [2.45, 2.75) is 17.7 Å². The van der Waals surface area contributed by atoms with Crippen molar-refractivity contribution >= 4 is 21.6 Å². The zero-order chi connectivity index (χ0) is 11.6. The third-order valence-electron chi connectivity index (χ3n) is 2.76. The minimum absolute atomic E-state index is 0.454. The normalized spacial score (nSPS) is 19.3. The highest BCUT2D eigenvalue weighted by Gasteiger charge is 2.30. The van der Waals surface area contributed by atoms with E-state index in [0.29, 0.717) is 30.3 Å². The van der Waals surface area contributed by atoms with Gasteiger partial charge in [-0.2, -0.15) is 4.31 Å². The number of benzene rings is 1. The van der Waals surface area contributed by atoms with Crippen LogP contribution in [0.15, 0.2) is 29.2 Å². The molecular formula is C11H14ClNO2S. The van der Waals surface area contributed by atoms with Gasteiger partial charge in [0.05, 0.1) is 4.90 Å². The van der Waals surface area contributed by atoms with Crippen LogP contribution < -0.4 is 0 Å². The molecule has 16 heavy (non-hydrogen) atoms. The molecule has 0 radical (unpaired) electrons. The van der Waals surface area contributed by atoms with Crippen LogP contribution in [0.1, 0.15) is 12.0 Å². The Hall–Kier alpha value is -0.580. The third-order valence-corrected chi connectivity index (χ3v) is 5.03. The van der Waals surface area contributed by atoms with E-state index in [1.54, 1.807) is 12.1 Å². The molecule has 0 amide bonds. The molecular weight excluding hydrogens is 246 g/mol. The van der Waals surface area contributed by atoms with Gasteiger partial charge in [0.1, 0.15) is 0 Å². The van der Waals surface area contributed by atoms with Gasteiger partial charge in [-0.15, -0.1) is 11.6 Å². The van der Waals surface area contributed by atoms with E-state index in [4.69, 9.17) is 11.6 Å². The van der Waals surface area contributed by atoms with Crippen molar-refractivity contribution < 1.29 is 8.42 Å². The topological polar surface area (TPSA) is 37.4 Å². The number of alkyl halides is 1. The predicted molar refractivity (Wildman–Crippen MR) is 64.2 cm³/mol. The molecule has 1 aromatic carbocycles. The number of rotatable bonds is 3. The predicted octanol–water partition coefficient (Wildman–Crippen LogP) is 1.86. The van der Waals surface area contributed by atoms with Gasteiger partial charge in [0.15, 0.2) is 0 Å². The fourth-order valence-electron chi connectivity index (χ4n) is 1.93. The zero-order valence-electron chi connectivity index (χ0n) is 8.89. The third kappa shape index (κ3) is 2.10. The molecule has 88 valence electrons. The van der Waals surface area contributed by atoms with Crippen LogP contribution in [-0.2, 0) is 16.4 Å². The number of halogens is 1. The molecule has 0 unspecified atom stereocenters. The first-order valence-electron chi connectivity index (χ1n) is 5.30. The number of sulfonamides is 1. The molecule has 1 heterocycles. The van der Waals surface area contributed by atoms with Crippen LogP contribution >= 0.6 is 11.6 Å². The lowest BCUT2D eigenvalue weighted by atomic mass is 10.1. The first-order chi connectivity index (χ1) is 7.66. The molecule has 0 atom stereocenters. The molecule has 1 aliphatic heterocycles. The highest BCUT2D eigenvalue weighted by molar-refractivity contribution is 7.89. The minimum atomic E-state index is -3.28. The summed E-state index contributed by atoms with van der Waals surface area (Å²) < 4.78 is 25.9. The molecule has 0 saturated carbocycles. The van der Waals surface area contributed by atoms with Crippen LogP contribution in [0.25, 0.3) is 0 Å². The van der Waals surface area contributed by atoms with Gasteiger partial charge in [-0.25, -0.2) is 8.42 Å². The molecule has 2 rings (SSSR count). The molecule has 0 bridgehead atoms. The van der Waals surface area contributed by atoms with Gasteiger partial charge in [0, 0.05) is 19.0 Å². The van der Waals surface area contributed by atoms with E-state index in [-0.39, 0.29) is 0 Å². The molecule has 1 aliphatic rings. The first kappa shape index (κ1) is 11.9. The fourth-order valence-corrected chi connectivity index (χ4v) is 3.79. The Morgan fingerprint density at radius 1 is 1.31 bits per heavy atom. The maximum absolute atomic E-state index is 12.2. The summed E-state index contributed by atoms with van der Waals surface area (Å²) in [5.74, 6) is 0.494. The lowest BCUT2D eigenvalue weighted by Crippen LogP contribution is -2.38. The Bertz CT molecular complexity index is 473. The van der Waals surface area contributed by atoms with Crippen molar-refractivity contribution in [3.63, 3.8) is 0 Å². The summed E-state index contributed by atoms with van der Waals surface area (Å²) in [7, 11) is -3.28. The summed E-state index contributed by atoms with van der Waals surface area (Å²) >= 11 is 5.59. The lowest BCUT2D eigenvalue weighted by molar-refractivity contribution is 0.402. The SMILES string of the molecule is O=S1(=O)c2ccccc2CCN1CCCCl. The Labute approximate surface area is 101 Å². The molecule has 0 saturated heterocycles. The quantitative estimate of drug-likeness (QED) is 0.777. The summed E-state index contributed by atoms with van der Waals surface area (Å²) in [4.78, 5) is 0.454. The monoisotopic (exact) mass is 259 g/mol. The molecule has 0 aliphatic carbocycles. The Balaban J connectivity index is 2.32. The van der Waals surface area contributed by atoms with Gasteiger partial charge in [-0.3, -0.25) is 0 Å². The fraction of sp³-hybridized carbons (Fsp3) is 0.455. The summed E-state index contributed by atoms with van der Waals surface area (Å²) in [5.41, 5.74) is 0.921. The largest absolute Gasteiger partial charge is 0.243 e. The smallest absolute Gasteiger partial charge is 0.207 e. The number of nitrogens with zero attached hydrogens (tertiary/aromatic N) is 1. The number of fused-ring (bicyclic) bond motifs is 1. The van der Waals surface area contributed by atoms with E-state index in [0.717, 1.165) is 12.0 Å². The van der Waals surface area contributed by atoms with Gasteiger partial charge < -0.3 is 0 Å². The van der Waals surface area contributed by atoms with Crippen LogP contribution in [0, 0.1) is 0 Å². The minimum Gasteiger partial charge on any atom is -0.207 e. The molecule has 3 nitrogen and oxygen atoms in total. The van der Waals surface area contributed by atoms with E-state index in [1.165, 1.54) is 4.31 Å². The molecule has 0 N–H and O–H groups in total. The molecule has 1 aromatic rings. The molecule has 5 heteroatoms. The average Bonchev–Trinajstić information content (AvgIpc) is 2.28. The van der Waals surface area contributed by atoms with Crippen LogP contribution in [0.5, 0.6) is 0 Å². The second kappa shape index (κ2) is 4.73. The highest BCUT2D eigenvalue weighted by Crippen LogP contribution is 2.25. The average molecular weight is 260 g/mol. The van der Waals surface area contributed by atoms with Gasteiger partial charge in [-0.05, 0) is 24.5 Å². The summed E-state index contributed by atoms with van der Waals surface area (Å²) in [6.07, 6.45) is 1.49. The summed E-state index contributed by atoms with van der Waals surface area (Å²) in [5, 5.41) is 0. The van der Waals surface area contributed by atoms with E-state index < -0.39 is 10.0 Å². The zero-order valence-corrected chi connectivity index (χ0v) is 10.5. The highest BCUT2D eigenvalue weighted by atomic mass is 35.5. The maximum atomic E-state index is 12.2. The van der Waals surface area contributed by atoms with Crippen molar-refractivity contribution in [2.75, 3.05) is 19.0 Å². The summed E-state index contributed by atoms with van der Waals surface area (Å²) in [6.45, 7) is 1.08. The first-order valence-corrected chi connectivity index (χ1v) is 7.28. The van der Waals surface area contributed by atoms with Crippen molar-refractivity contribution in [1.29, 1.82) is 0 Å². The van der Waals surface area contributed by atoms with Gasteiger partial charge >= 0.3 is 0 Å². The van der Waals surface area contributed by atoms with E-state index >= 15 is 0 Å². The van der Waals surface area contributed by atoms with Gasteiger partial charge in [0.2, 0.25) is 10.0 Å². The molecule has 0 spiro atoms. The maximum Gasteiger partial charge on any atom is 0.243 e. The van der Waals surface area contributed by atoms with Crippen molar-refractivity contribution in [1.82, 2.24) is 4.31 Å². The standard InChI is InChI=1S/C11H14ClNO2S/c12-7-3-8-13-9-6-10-4-1-2-5-11(10)16(13,14)15/h1-2,4-5H,3,6-9H2. The van der Waals surface area contributed by atoms with E-state index in [2.05, 4.69) is 0 Å². The van der Waals surface area contributed by atoms with Crippen molar-refractivity contribution in [3.05, 3.63) is 29.8 Å². The van der Waals surface area contributed by atoms with Crippen molar-refractivity contribution in [3.8, 4) is 0 Å². The Morgan fingerprint density at radius 3 is 2.81 bits per heavy atom. The molecule has 0 aromatic heterocycles. The van der Waals surface area contributed by atoms with Crippen LogP contribution in [0.2, 0.25) is 0 Å². The Kier molecular flexibility index (Phi) is 3.52. The lowest BCUT2D eigenvalue weighted by Gasteiger charge is -2.27.